The van der Waals surface area contributed by atoms with Gasteiger partial charge < -0.3 is 5.11 Å². The van der Waals surface area contributed by atoms with Crippen LogP contribution in [0.15, 0.2) is 48.5 Å². The fraction of sp³-hybridized carbons (Fsp3) is 0.167. The number of carboxylic acids is 1. The van der Waals surface area contributed by atoms with Gasteiger partial charge in [-0.3, -0.25) is 28.9 Å². The van der Waals surface area contributed by atoms with Crippen LogP contribution in [-0.2, 0) is 4.79 Å². The molecule has 0 atom stereocenters. The Kier molecular flexibility index (Phi) is 4.88. The molecule has 5 aromatic carbocycles. The Morgan fingerprint density at radius 2 is 1.08 bits per heavy atom. The van der Waals surface area contributed by atoms with Gasteiger partial charge in [-0.1, -0.05) is 36.4 Å². The number of nitrogens with zero attached hydrogens (tertiary/aromatic N) is 1. The van der Waals surface area contributed by atoms with E-state index in [9.17, 15) is 24.0 Å². The number of benzene rings is 5. The van der Waals surface area contributed by atoms with Crippen LogP contribution in [0.3, 0.4) is 0 Å². The predicted octanol–water partition coefficient (Wildman–Crippen LogP) is 5.60. The molecular formula is C30H21NO6. The number of aliphatic carboxylic acids is 1. The monoisotopic (exact) mass is 491 g/mol. The topological polar surface area (TPSA) is 109 Å². The molecule has 0 unspecified atom stereocenters. The summed E-state index contributed by atoms with van der Waals surface area (Å²) in [5.41, 5.74) is 1.74. The molecule has 2 amide bonds. The number of carboxylic acid groups (broad SMARTS) is 1. The quantitative estimate of drug-likeness (QED) is 0.143. The molecule has 0 aromatic heterocycles. The summed E-state index contributed by atoms with van der Waals surface area (Å²) >= 11 is 0. The summed E-state index contributed by atoms with van der Waals surface area (Å²) in [5, 5.41) is 15.0. The van der Waals surface area contributed by atoms with Crippen molar-refractivity contribution < 1.29 is 29.1 Å². The third kappa shape index (κ3) is 3.10. The van der Waals surface area contributed by atoms with E-state index in [0.717, 1.165) is 37.2 Å². The van der Waals surface area contributed by atoms with E-state index in [4.69, 9.17) is 5.11 Å². The van der Waals surface area contributed by atoms with E-state index in [0.29, 0.717) is 33.0 Å². The van der Waals surface area contributed by atoms with E-state index in [1.54, 1.807) is 24.3 Å². The fourth-order valence-corrected chi connectivity index (χ4v) is 5.81. The molecule has 0 fully saturated rings. The van der Waals surface area contributed by atoms with E-state index in [-0.39, 0.29) is 31.0 Å². The van der Waals surface area contributed by atoms with E-state index in [2.05, 4.69) is 0 Å². The average Bonchev–Trinajstić information content (AvgIpc) is 2.87. The van der Waals surface area contributed by atoms with Crippen LogP contribution in [0.5, 0.6) is 0 Å². The van der Waals surface area contributed by atoms with E-state index >= 15 is 0 Å². The number of amides is 2. The van der Waals surface area contributed by atoms with E-state index in [1.807, 2.05) is 24.3 Å². The third-order valence-electron chi connectivity index (χ3n) is 7.38. The zero-order valence-electron chi connectivity index (χ0n) is 20.2. The maximum absolute atomic E-state index is 13.4. The zero-order chi connectivity index (χ0) is 26.2. The molecule has 7 heteroatoms. The number of imide groups is 1. The highest BCUT2D eigenvalue weighted by Gasteiger charge is 2.34. The first-order chi connectivity index (χ1) is 17.7. The highest BCUT2D eigenvalue weighted by atomic mass is 16.4. The lowest BCUT2D eigenvalue weighted by Crippen LogP contribution is -2.41. The van der Waals surface area contributed by atoms with Crippen LogP contribution in [-0.4, -0.2) is 45.9 Å². The highest BCUT2D eigenvalue weighted by molar-refractivity contribution is 6.40. The second kappa shape index (κ2) is 7.93. The molecule has 6 rings (SSSR count). The van der Waals surface area contributed by atoms with Crippen molar-refractivity contribution in [1.82, 2.24) is 4.90 Å². The lowest BCUT2D eigenvalue weighted by atomic mass is 9.82. The first-order valence-corrected chi connectivity index (χ1v) is 12.0. The van der Waals surface area contributed by atoms with Gasteiger partial charge in [0.15, 0.2) is 11.6 Å². The molecule has 37 heavy (non-hydrogen) atoms. The van der Waals surface area contributed by atoms with Crippen molar-refractivity contribution in [3.63, 3.8) is 0 Å². The van der Waals surface area contributed by atoms with Crippen molar-refractivity contribution in [2.45, 2.75) is 26.7 Å². The maximum atomic E-state index is 13.4. The molecule has 0 saturated heterocycles. The third-order valence-corrected chi connectivity index (χ3v) is 7.38. The van der Waals surface area contributed by atoms with Gasteiger partial charge >= 0.3 is 5.97 Å². The van der Waals surface area contributed by atoms with Crippen LogP contribution in [0.4, 0.5) is 0 Å². The van der Waals surface area contributed by atoms with Gasteiger partial charge in [0.1, 0.15) is 0 Å². The summed E-state index contributed by atoms with van der Waals surface area (Å²) < 4.78 is 0. The van der Waals surface area contributed by atoms with Crippen LogP contribution < -0.4 is 0 Å². The van der Waals surface area contributed by atoms with Gasteiger partial charge in [-0.2, -0.15) is 0 Å². The fourth-order valence-electron chi connectivity index (χ4n) is 5.81. The number of Topliss-reactive ketones (excluding diaryl/α,β-unsaturated/α-hetero) is 2. The molecule has 1 aliphatic heterocycles. The Bertz CT molecular complexity index is 1760. The summed E-state index contributed by atoms with van der Waals surface area (Å²) in [6.07, 6.45) is 0.0380. The smallest absolute Gasteiger partial charge is 0.303 e. The van der Waals surface area contributed by atoms with Crippen LogP contribution in [0.1, 0.15) is 68.1 Å². The molecule has 0 bridgehead atoms. The van der Waals surface area contributed by atoms with Gasteiger partial charge in [0, 0.05) is 46.0 Å². The Labute approximate surface area is 210 Å². The average molecular weight is 491 g/mol. The first kappa shape index (κ1) is 22.8. The van der Waals surface area contributed by atoms with Crippen molar-refractivity contribution in [1.29, 1.82) is 0 Å². The molecule has 182 valence electrons. The van der Waals surface area contributed by atoms with Gasteiger partial charge in [0.05, 0.1) is 0 Å². The lowest BCUT2D eigenvalue weighted by Gasteiger charge is -2.28. The number of fused-ring (bicyclic) bond motifs is 2. The van der Waals surface area contributed by atoms with Crippen molar-refractivity contribution in [3.05, 3.63) is 70.8 Å². The minimum atomic E-state index is -0.982. The van der Waals surface area contributed by atoms with Crippen molar-refractivity contribution >= 4 is 72.4 Å². The Morgan fingerprint density at radius 3 is 1.51 bits per heavy atom. The largest absolute Gasteiger partial charge is 0.481 e. The Hall–Kier alpha value is -4.65. The molecule has 0 saturated carbocycles. The lowest BCUT2D eigenvalue weighted by molar-refractivity contribution is -0.137. The Morgan fingerprint density at radius 1 is 0.649 bits per heavy atom. The summed E-state index contributed by atoms with van der Waals surface area (Å²) in [6, 6.07) is 14.3. The summed E-state index contributed by atoms with van der Waals surface area (Å²) in [4.78, 5) is 63.9. The second-order valence-electron chi connectivity index (χ2n) is 9.51. The summed E-state index contributed by atoms with van der Waals surface area (Å²) in [6.45, 7) is 2.99. The number of hydrogen-bond donors (Lipinski definition) is 1. The number of rotatable bonds is 6. The molecule has 0 aliphatic carbocycles. The van der Waals surface area contributed by atoms with Crippen LogP contribution in [0.2, 0.25) is 0 Å². The molecule has 1 heterocycles. The van der Waals surface area contributed by atoms with Crippen molar-refractivity contribution in [2.75, 3.05) is 6.54 Å². The SMILES string of the molecule is CC(=O)c1ccc2c3ccc4c5c(ccc(c6ccc(C(C)=O)c1c26)c53)C(=O)N(CCCC(=O)O)C4=O. The number of ketones is 2. The van der Waals surface area contributed by atoms with Gasteiger partial charge in [0.25, 0.3) is 11.8 Å². The van der Waals surface area contributed by atoms with Gasteiger partial charge in [0.2, 0.25) is 0 Å². The Balaban J connectivity index is 1.70. The van der Waals surface area contributed by atoms with Crippen molar-refractivity contribution in [2.24, 2.45) is 0 Å². The summed E-state index contributed by atoms with van der Waals surface area (Å²) in [7, 11) is 0. The van der Waals surface area contributed by atoms with Gasteiger partial charge in [-0.15, -0.1) is 0 Å². The molecule has 1 N–H and O–H groups in total. The van der Waals surface area contributed by atoms with E-state index in [1.165, 1.54) is 13.8 Å². The maximum Gasteiger partial charge on any atom is 0.303 e. The minimum absolute atomic E-state index is 0.0260. The highest BCUT2D eigenvalue weighted by Crippen LogP contribution is 2.45. The second-order valence-corrected chi connectivity index (χ2v) is 9.51. The first-order valence-electron chi connectivity index (χ1n) is 12.0. The van der Waals surface area contributed by atoms with Crippen LogP contribution in [0.25, 0.3) is 43.1 Å². The molecule has 0 radical (unpaired) electrons. The van der Waals surface area contributed by atoms with Crippen LogP contribution in [0, 0.1) is 0 Å². The summed E-state index contributed by atoms with van der Waals surface area (Å²) in [5.74, 6) is -2.14. The van der Waals surface area contributed by atoms with Gasteiger partial charge in [-0.05, 0) is 64.7 Å². The zero-order valence-corrected chi connectivity index (χ0v) is 20.2. The molecule has 5 aromatic rings. The van der Waals surface area contributed by atoms with Gasteiger partial charge in [-0.25, -0.2) is 0 Å². The predicted molar refractivity (Wildman–Crippen MR) is 140 cm³/mol. The molecule has 1 aliphatic rings. The number of carbonyl (C=O) groups excluding carboxylic acids is 4. The number of carbonyl (C=O) groups is 5. The van der Waals surface area contributed by atoms with Crippen molar-refractivity contribution in [3.8, 4) is 0 Å². The molecular weight excluding hydrogens is 470 g/mol. The molecule has 0 spiro atoms. The number of hydrogen-bond acceptors (Lipinski definition) is 5. The normalized spacial score (nSPS) is 13.4. The standard InChI is InChI=1S/C30H21NO6/c1-14(32)16-5-7-18-20-9-11-22-28-23(30(37)31(29(22)36)13-3-4-24(34)35)12-10-21(27(20)28)19-8-6-17(15(2)33)25(16)26(18)19/h5-12H,3-4,13H2,1-2H3,(H,34,35). The van der Waals surface area contributed by atoms with Crippen LogP contribution >= 0.6 is 0 Å². The molecule has 7 nitrogen and oxygen atoms in total. The van der Waals surface area contributed by atoms with E-state index < -0.39 is 17.8 Å². The minimum Gasteiger partial charge on any atom is -0.481 e.